The molecule has 152 valence electrons. The van der Waals surface area contributed by atoms with Crippen molar-refractivity contribution in [3.63, 3.8) is 0 Å². The molecule has 1 aliphatic heterocycles. The van der Waals surface area contributed by atoms with E-state index in [0.29, 0.717) is 35.1 Å². The lowest BCUT2D eigenvalue weighted by Gasteiger charge is -2.37. The van der Waals surface area contributed by atoms with Crippen molar-refractivity contribution in [1.29, 1.82) is 0 Å². The first-order valence-electron chi connectivity index (χ1n) is 8.76. The van der Waals surface area contributed by atoms with E-state index in [9.17, 15) is 13.2 Å². The summed E-state index contributed by atoms with van der Waals surface area (Å²) in [4.78, 5) is 13.9. The SMILES string of the molecule is CN(C1CCCN(C(=O)OC(C)(C)C)C1)S(=O)(=O)Cc1ccc(Cl)c(Cl)c1. The van der Waals surface area contributed by atoms with Crippen molar-refractivity contribution < 1.29 is 17.9 Å². The Kier molecular flexibility index (Phi) is 7.06. The first-order valence-corrected chi connectivity index (χ1v) is 11.1. The van der Waals surface area contributed by atoms with Crippen molar-refractivity contribution in [1.82, 2.24) is 9.21 Å². The van der Waals surface area contributed by atoms with E-state index in [-0.39, 0.29) is 11.8 Å². The highest BCUT2D eigenvalue weighted by Crippen LogP contribution is 2.25. The van der Waals surface area contributed by atoms with Crippen LogP contribution in [0.4, 0.5) is 4.79 Å². The maximum atomic E-state index is 12.8. The maximum absolute atomic E-state index is 12.8. The number of amides is 1. The van der Waals surface area contributed by atoms with Crippen LogP contribution in [0.1, 0.15) is 39.2 Å². The molecule has 1 fully saturated rings. The van der Waals surface area contributed by atoms with Crippen LogP contribution in [0.3, 0.4) is 0 Å². The van der Waals surface area contributed by atoms with Crippen molar-refractivity contribution in [2.75, 3.05) is 20.1 Å². The molecule has 1 aliphatic rings. The molecule has 1 amide bonds. The van der Waals surface area contributed by atoms with E-state index in [1.165, 1.54) is 4.31 Å². The Morgan fingerprint density at radius 1 is 1.30 bits per heavy atom. The molecule has 1 aromatic carbocycles. The standard InChI is InChI=1S/C18H26Cl2N2O4S/c1-18(2,3)26-17(23)22-9-5-6-14(11-22)21(4)27(24,25)12-13-7-8-15(19)16(20)10-13/h7-8,10,14H,5-6,9,11-12H2,1-4H3. The summed E-state index contributed by atoms with van der Waals surface area (Å²) < 4.78 is 32.4. The van der Waals surface area contributed by atoms with Crippen molar-refractivity contribution >= 4 is 39.3 Å². The number of benzene rings is 1. The molecular weight excluding hydrogens is 411 g/mol. The number of rotatable bonds is 4. The van der Waals surface area contributed by atoms with Crippen LogP contribution in [-0.2, 0) is 20.5 Å². The second kappa shape index (κ2) is 8.55. The van der Waals surface area contributed by atoms with Crippen LogP contribution in [0.5, 0.6) is 0 Å². The predicted octanol–water partition coefficient (Wildman–Crippen LogP) is 4.15. The molecule has 1 unspecified atom stereocenters. The second-order valence-electron chi connectivity index (χ2n) is 7.74. The number of carbonyl (C=O) groups excluding carboxylic acids is 1. The summed E-state index contributed by atoms with van der Waals surface area (Å²) in [6.07, 6.45) is 0.995. The van der Waals surface area contributed by atoms with E-state index in [0.717, 1.165) is 6.42 Å². The molecule has 6 nitrogen and oxygen atoms in total. The summed E-state index contributed by atoms with van der Waals surface area (Å²) in [6, 6.07) is 4.50. The van der Waals surface area contributed by atoms with Gasteiger partial charge < -0.3 is 9.64 Å². The Bertz CT molecular complexity index is 793. The predicted molar refractivity (Wildman–Crippen MR) is 108 cm³/mol. The Hall–Kier alpha value is -1.02. The summed E-state index contributed by atoms with van der Waals surface area (Å²) in [7, 11) is -2.02. The van der Waals surface area contributed by atoms with Crippen molar-refractivity contribution in [3.8, 4) is 0 Å². The number of hydrogen-bond donors (Lipinski definition) is 0. The summed E-state index contributed by atoms with van der Waals surface area (Å²) in [5.74, 6) is -0.177. The number of likely N-dealkylation sites (N-methyl/N-ethyl adjacent to an activating group) is 1. The van der Waals surface area contributed by atoms with Gasteiger partial charge in [-0.15, -0.1) is 0 Å². The highest BCUT2D eigenvalue weighted by molar-refractivity contribution is 7.88. The van der Waals surface area contributed by atoms with Gasteiger partial charge in [0, 0.05) is 26.2 Å². The summed E-state index contributed by atoms with van der Waals surface area (Å²) in [5.41, 5.74) is -0.0216. The zero-order valence-electron chi connectivity index (χ0n) is 16.0. The molecule has 0 radical (unpaired) electrons. The van der Waals surface area contributed by atoms with Crippen LogP contribution >= 0.6 is 23.2 Å². The Morgan fingerprint density at radius 2 is 1.96 bits per heavy atom. The number of piperidine rings is 1. The molecule has 1 atom stereocenters. The number of nitrogens with zero attached hydrogens (tertiary/aromatic N) is 2. The fourth-order valence-electron chi connectivity index (χ4n) is 2.91. The van der Waals surface area contributed by atoms with Gasteiger partial charge in [0.05, 0.1) is 15.8 Å². The smallest absolute Gasteiger partial charge is 0.410 e. The molecule has 27 heavy (non-hydrogen) atoms. The molecular formula is C18H26Cl2N2O4S. The van der Waals surface area contributed by atoms with E-state index in [1.807, 2.05) is 0 Å². The lowest BCUT2D eigenvalue weighted by molar-refractivity contribution is 0.0163. The number of ether oxygens (including phenoxy) is 1. The van der Waals surface area contributed by atoms with Crippen LogP contribution < -0.4 is 0 Å². The van der Waals surface area contributed by atoms with Gasteiger partial charge in [-0.05, 0) is 51.3 Å². The van der Waals surface area contributed by atoms with Crippen molar-refractivity contribution in [3.05, 3.63) is 33.8 Å². The molecule has 9 heteroatoms. The number of sulfonamides is 1. The van der Waals surface area contributed by atoms with Gasteiger partial charge in [-0.1, -0.05) is 29.3 Å². The van der Waals surface area contributed by atoms with E-state index in [2.05, 4.69) is 0 Å². The zero-order valence-corrected chi connectivity index (χ0v) is 18.4. The highest BCUT2D eigenvalue weighted by atomic mass is 35.5. The van der Waals surface area contributed by atoms with Crippen molar-refractivity contribution in [2.24, 2.45) is 0 Å². The average Bonchev–Trinajstić information content (AvgIpc) is 2.56. The first kappa shape index (κ1) is 22.3. The fraction of sp³-hybridized carbons (Fsp3) is 0.611. The van der Waals surface area contributed by atoms with E-state index < -0.39 is 21.7 Å². The number of carbonyl (C=O) groups is 1. The third kappa shape index (κ3) is 6.24. The van der Waals surface area contributed by atoms with Crippen LogP contribution in [-0.4, -0.2) is 55.5 Å². The van der Waals surface area contributed by atoms with E-state index in [4.69, 9.17) is 27.9 Å². The largest absolute Gasteiger partial charge is 0.444 e. The molecule has 0 saturated carbocycles. The Morgan fingerprint density at radius 3 is 2.56 bits per heavy atom. The van der Waals surface area contributed by atoms with E-state index in [1.54, 1.807) is 50.9 Å². The minimum Gasteiger partial charge on any atom is -0.444 e. The molecule has 0 aromatic heterocycles. The molecule has 0 bridgehead atoms. The molecule has 0 N–H and O–H groups in total. The topological polar surface area (TPSA) is 66.9 Å². The lowest BCUT2D eigenvalue weighted by atomic mass is 10.1. The van der Waals surface area contributed by atoms with Crippen LogP contribution in [0.2, 0.25) is 10.0 Å². The molecule has 1 heterocycles. The summed E-state index contributed by atoms with van der Waals surface area (Å²) in [6.45, 7) is 6.29. The van der Waals surface area contributed by atoms with E-state index >= 15 is 0 Å². The van der Waals surface area contributed by atoms with Crippen LogP contribution in [0.15, 0.2) is 18.2 Å². The summed E-state index contributed by atoms with van der Waals surface area (Å²) >= 11 is 11.9. The van der Waals surface area contributed by atoms with Gasteiger partial charge in [-0.2, -0.15) is 4.31 Å². The number of halogens is 2. The third-order valence-electron chi connectivity index (χ3n) is 4.33. The molecule has 1 saturated heterocycles. The lowest BCUT2D eigenvalue weighted by Crippen LogP contribution is -2.51. The van der Waals surface area contributed by atoms with Crippen molar-refractivity contribution in [2.45, 2.75) is 51.0 Å². The minimum absolute atomic E-state index is 0.177. The van der Waals surface area contributed by atoms with Gasteiger partial charge in [0.2, 0.25) is 10.0 Å². The molecule has 1 aromatic rings. The average molecular weight is 437 g/mol. The van der Waals surface area contributed by atoms with Gasteiger partial charge in [0.15, 0.2) is 0 Å². The van der Waals surface area contributed by atoms with Gasteiger partial charge in [-0.3, -0.25) is 0 Å². The summed E-state index contributed by atoms with van der Waals surface area (Å²) in [5, 5.41) is 0.701. The Labute approximate surface area is 171 Å². The normalized spacial score (nSPS) is 18.6. The first-order chi connectivity index (χ1) is 12.4. The quantitative estimate of drug-likeness (QED) is 0.710. The van der Waals surface area contributed by atoms with Gasteiger partial charge >= 0.3 is 6.09 Å². The fourth-order valence-corrected chi connectivity index (χ4v) is 4.66. The highest BCUT2D eigenvalue weighted by Gasteiger charge is 2.33. The molecule has 0 aliphatic carbocycles. The van der Waals surface area contributed by atoms with Crippen LogP contribution in [0, 0.1) is 0 Å². The van der Waals surface area contributed by atoms with Gasteiger partial charge in [0.25, 0.3) is 0 Å². The van der Waals surface area contributed by atoms with Gasteiger partial charge in [0.1, 0.15) is 5.60 Å². The number of hydrogen-bond acceptors (Lipinski definition) is 4. The molecule has 0 spiro atoms. The second-order valence-corrected chi connectivity index (χ2v) is 10.6. The Balaban J connectivity index is 2.07. The monoisotopic (exact) mass is 436 g/mol. The minimum atomic E-state index is -3.57. The van der Waals surface area contributed by atoms with Gasteiger partial charge in [-0.25, -0.2) is 13.2 Å². The molecule has 2 rings (SSSR count). The zero-order chi connectivity index (χ0) is 20.4. The van der Waals surface area contributed by atoms with Crippen LogP contribution in [0.25, 0.3) is 0 Å². The number of likely N-dealkylation sites (tertiary alicyclic amines) is 1. The maximum Gasteiger partial charge on any atom is 0.410 e. The third-order valence-corrected chi connectivity index (χ3v) is 6.95.